The van der Waals surface area contributed by atoms with Gasteiger partial charge >= 0.3 is 0 Å². The van der Waals surface area contributed by atoms with E-state index in [1.165, 1.54) is 12.1 Å². The second kappa shape index (κ2) is 7.00. The normalized spacial score (nSPS) is 15.4. The van der Waals surface area contributed by atoms with Gasteiger partial charge in [-0.15, -0.1) is 0 Å². The minimum Gasteiger partial charge on any atom is -0.341 e. The van der Waals surface area contributed by atoms with Crippen LogP contribution in [0.2, 0.25) is 5.02 Å². The molecule has 1 aromatic heterocycles. The van der Waals surface area contributed by atoms with Gasteiger partial charge in [0.25, 0.3) is 0 Å². The first-order chi connectivity index (χ1) is 13.0. The van der Waals surface area contributed by atoms with Gasteiger partial charge in [0.2, 0.25) is 11.7 Å². The lowest BCUT2D eigenvalue weighted by Gasteiger charge is -2.12. The number of halogens is 2. The highest BCUT2D eigenvalue weighted by Gasteiger charge is 2.32. The number of fused-ring (bicyclic) bond motifs is 1. The largest absolute Gasteiger partial charge is 0.341 e. The minimum absolute atomic E-state index is 0.0653. The van der Waals surface area contributed by atoms with E-state index >= 15 is 0 Å². The summed E-state index contributed by atoms with van der Waals surface area (Å²) in [6.07, 6.45) is 0.593. The number of carbonyl (C=O) groups excluding carboxylic acids is 2. The lowest BCUT2D eigenvalue weighted by Crippen LogP contribution is -2.19. The van der Waals surface area contributed by atoms with Gasteiger partial charge in [-0.3, -0.25) is 9.59 Å². The zero-order valence-electron chi connectivity index (χ0n) is 14.3. The van der Waals surface area contributed by atoms with E-state index in [4.69, 9.17) is 11.6 Å². The van der Waals surface area contributed by atoms with Gasteiger partial charge < -0.3 is 9.88 Å². The molecule has 1 N–H and O–H groups in total. The molecule has 27 heavy (non-hydrogen) atoms. The lowest BCUT2D eigenvalue weighted by atomic mass is 10.0. The van der Waals surface area contributed by atoms with Crippen molar-refractivity contribution in [3.05, 3.63) is 88.5 Å². The maximum absolute atomic E-state index is 13.2. The van der Waals surface area contributed by atoms with Crippen LogP contribution in [0.1, 0.15) is 34.1 Å². The molecule has 2 heterocycles. The summed E-state index contributed by atoms with van der Waals surface area (Å²) in [4.78, 5) is 25.4. The Hall–Kier alpha value is -2.92. The monoisotopic (exact) mass is 382 g/mol. The summed E-state index contributed by atoms with van der Waals surface area (Å²) in [5.41, 5.74) is 2.36. The molecule has 0 radical (unpaired) electrons. The third kappa shape index (κ3) is 3.26. The molecule has 1 atom stereocenters. The van der Waals surface area contributed by atoms with Crippen LogP contribution in [0.25, 0.3) is 0 Å². The van der Waals surface area contributed by atoms with E-state index in [9.17, 15) is 14.0 Å². The van der Waals surface area contributed by atoms with Crippen molar-refractivity contribution in [2.45, 2.75) is 18.9 Å². The van der Waals surface area contributed by atoms with Crippen molar-refractivity contribution in [1.82, 2.24) is 4.57 Å². The Morgan fingerprint density at radius 2 is 1.85 bits per heavy atom. The van der Waals surface area contributed by atoms with Crippen LogP contribution in [-0.4, -0.2) is 16.3 Å². The first-order valence-corrected chi connectivity index (χ1v) is 8.97. The van der Waals surface area contributed by atoms with Gasteiger partial charge in [-0.1, -0.05) is 41.9 Å². The van der Waals surface area contributed by atoms with Crippen LogP contribution in [0, 0.1) is 5.82 Å². The lowest BCUT2D eigenvalue weighted by molar-refractivity contribution is -0.117. The summed E-state index contributed by atoms with van der Waals surface area (Å²) < 4.78 is 15.1. The van der Waals surface area contributed by atoms with E-state index in [0.717, 1.165) is 11.8 Å². The second-order valence-corrected chi connectivity index (χ2v) is 6.85. The van der Waals surface area contributed by atoms with Crippen LogP contribution in [-0.2, 0) is 11.3 Å². The number of hydrogen-bond acceptors (Lipinski definition) is 2. The zero-order chi connectivity index (χ0) is 19.0. The predicted octanol–water partition coefficient (Wildman–Crippen LogP) is 4.64. The zero-order valence-corrected chi connectivity index (χ0v) is 15.0. The van der Waals surface area contributed by atoms with E-state index in [-0.39, 0.29) is 22.6 Å². The van der Waals surface area contributed by atoms with Crippen molar-refractivity contribution in [3.8, 4) is 0 Å². The van der Waals surface area contributed by atoms with Gasteiger partial charge in [-0.25, -0.2) is 4.39 Å². The van der Waals surface area contributed by atoms with Crippen LogP contribution in [0.3, 0.4) is 0 Å². The van der Waals surface area contributed by atoms with Crippen LogP contribution in [0.4, 0.5) is 10.1 Å². The Balaban J connectivity index is 1.57. The fourth-order valence-corrected chi connectivity index (χ4v) is 3.67. The molecule has 4 rings (SSSR count). The van der Waals surface area contributed by atoms with Gasteiger partial charge in [-0.2, -0.15) is 0 Å². The number of anilines is 1. The van der Waals surface area contributed by atoms with Crippen molar-refractivity contribution in [1.29, 1.82) is 0 Å². The smallest absolute Gasteiger partial charge is 0.233 e. The molecular weight excluding hydrogens is 367 g/mol. The van der Waals surface area contributed by atoms with E-state index in [0.29, 0.717) is 29.9 Å². The average Bonchev–Trinajstić information content (AvgIpc) is 3.26. The first kappa shape index (κ1) is 17.5. The molecule has 0 spiro atoms. The predicted molar refractivity (Wildman–Crippen MR) is 102 cm³/mol. The van der Waals surface area contributed by atoms with E-state index in [2.05, 4.69) is 5.32 Å². The molecule has 0 saturated carbocycles. The molecule has 1 aliphatic heterocycles. The highest BCUT2D eigenvalue weighted by atomic mass is 35.5. The van der Waals surface area contributed by atoms with Crippen LogP contribution in [0.15, 0.2) is 60.7 Å². The molecule has 0 saturated heterocycles. The number of amides is 1. The summed E-state index contributed by atoms with van der Waals surface area (Å²) in [6.45, 7) is 0.589. The van der Waals surface area contributed by atoms with Gasteiger partial charge in [0.05, 0.1) is 22.3 Å². The van der Waals surface area contributed by atoms with Crippen molar-refractivity contribution in [2.24, 2.45) is 0 Å². The quantitative estimate of drug-likeness (QED) is 0.668. The SMILES string of the molecule is O=C(c1ccccc1)c1ccc2n1CC[C@H]2C(=O)Nc1ccc(F)cc1Cl. The van der Waals surface area contributed by atoms with Crippen LogP contribution < -0.4 is 5.32 Å². The number of carbonyl (C=O) groups is 2. The number of ketones is 1. The fraction of sp³-hybridized carbons (Fsp3) is 0.143. The Labute approximate surface area is 160 Å². The second-order valence-electron chi connectivity index (χ2n) is 6.44. The third-order valence-electron chi connectivity index (χ3n) is 4.79. The first-order valence-electron chi connectivity index (χ1n) is 8.59. The number of nitrogens with one attached hydrogen (secondary N) is 1. The Morgan fingerprint density at radius 1 is 1.07 bits per heavy atom. The molecule has 1 amide bonds. The Morgan fingerprint density at radius 3 is 2.59 bits per heavy atom. The van der Waals surface area contributed by atoms with Gasteiger partial charge in [-0.05, 0) is 36.8 Å². The van der Waals surface area contributed by atoms with Crippen molar-refractivity contribution >= 4 is 29.0 Å². The summed E-state index contributed by atoms with van der Waals surface area (Å²) in [5.74, 6) is -1.14. The van der Waals surface area contributed by atoms with Crippen molar-refractivity contribution in [3.63, 3.8) is 0 Å². The molecule has 3 aromatic rings. The number of benzene rings is 2. The van der Waals surface area contributed by atoms with E-state index in [1.54, 1.807) is 18.2 Å². The number of rotatable bonds is 4. The Bertz CT molecular complexity index is 1030. The third-order valence-corrected chi connectivity index (χ3v) is 5.10. The number of hydrogen-bond donors (Lipinski definition) is 1. The van der Waals surface area contributed by atoms with Gasteiger partial charge in [0.1, 0.15) is 5.82 Å². The molecule has 136 valence electrons. The van der Waals surface area contributed by atoms with E-state index in [1.807, 2.05) is 28.8 Å². The van der Waals surface area contributed by atoms with Crippen molar-refractivity contribution < 1.29 is 14.0 Å². The van der Waals surface area contributed by atoms with Gasteiger partial charge in [0, 0.05) is 17.8 Å². The summed E-state index contributed by atoms with van der Waals surface area (Å²) in [5, 5.41) is 2.90. The van der Waals surface area contributed by atoms with Crippen molar-refractivity contribution in [2.75, 3.05) is 5.32 Å². The molecule has 1 aliphatic rings. The maximum Gasteiger partial charge on any atom is 0.233 e. The topological polar surface area (TPSA) is 51.1 Å². The molecule has 0 unspecified atom stereocenters. The molecule has 4 nitrogen and oxygen atoms in total. The molecule has 6 heteroatoms. The fourth-order valence-electron chi connectivity index (χ4n) is 3.46. The minimum atomic E-state index is -0.461. The number of aromatic nitrogens is 1. The molecule has 0 fully saturated rings. The molecule has 0 bridgehead atoms. The molecular formula is C21H16ClFN2O2. The van der Waals surface area contributed by atoms with Crippen LogP contribution >= 0.6 is 11.6 Å². The standard InChI is InChI=1S/C21H16ClFN2O2/c22-16-12-14(23)6-7-17(16)24-21(27)15-10-11-25-18(15)8-9-19(25)20(26)13-4-2-1-3-5-13/h1-9,12,15H,10-11H2,(H,24,27)/t15-/m1/s1. The van der Waals surface area contributed by atoms with Gasteiger partial charge in [0.15, 0.2) is 0 Å². The summed E-state index contributed by atoms with van der Waals surface area (Å²) in [7, 11) is 0. The Kier molecular flexibility index (Phi) is 4.54. The average molecular weight is 383 g/mol. The summed E-state index contributed by atoms with van der Waals surface area (Å²) in [6, 6.07) is 16.5. The summed E-state index contributed by atoms with van der Waals surface area (Å²) >= 11 is 5.99. The molecule has 2 aromatic carbocycles. The highest BCUT2D eigenvalue weighted by molar-refractivity contribution is 6.33. The number of nitrogens with zero attached hydrogens (tertiary/aromatic N) is 1. The highest BCUT2D eigenvalue weighted by Crippen LogP contribution is 2.33. The van der Waals surface area contributed by atoms with E-state index < -0.39 is 5.82 Å². The molecule has 0 aliphatic carbocycles. The maximum atomic E-state index is 13.2. The van der Waals surface area contributed by atoms with Crippen LogP contribution in [0.5, 0.6) is 0 Å².